The predicted molar refractivity (Wildman–Crippen MR) is 72.6 cm³/mol. The van der Waals surface area contributed by atoms with Crippen molar-refractivity contribution in [1.29, 1.82) is 0 Å². The van der Waals surface area contributed by atoms with Gasteiger partial charge in [-0.1, -0.05) is 20.8 Å². The third-order valence-electron chi connectivity index (χ3n) is 6.56. The third kappa shape index (κ3) is 1.69. The smallest absolute Gasteiger partial charge is 0.00744 e. The summed E-state index contributed by atoms with van der Waals surface area (Å²) in [5.74, 6) is 4.07. The summed E-state index contributed by atoms with van der Waals surface area (Å²) in [5.41, 5.74) is 7.01. The fourth-order valence-electron chi connectivity index (χ4n) is 5.71. The summed E-state index contributed by atoms with van der Waals surface area (Å²) >= 11 is 0. The van der Waals surface area contributed by atoms with E-state index in [1.165, 1.54) is 38.5 Å². The van der Waals surface area contributed by atoms with Crippen LogP contribution in [-0.2, 0) is 0 Å². The molecule has 1 heteroatoms. The van der Waals surface area contributed by atoms with Crippen molar-refractivity contribution >= 4 is 0 Å². The molecule has 2 atom stereocenters. The van der Waals surface area contributed by atoms with Gasteiger partial charge in [-0.15, -0.1) is 0 Å². The van der Waals surface area contributed by atoms with E-state index in [-0.39, 0.29) is 0 Å². The Kier molecular flexibility index (Phi) is 2.63. The van der Waals surface area contributed by atoms with E-state index >= 15 is 0 Å². The second-order valence-electron chi connectivity index (χ2n) is 8.24. The topological polar surface area (TPSA) is 26.0 Å². The van der Waals surface area contributed by atoms with Gasteiger partial charge in [0.25, 0.3) is 0 Å². The zero-order chi connectivity index (χ0) is 12.3. The first-order valence-corrected chi connectivity index (χ1v) is 7.65. The molecule has 2 unspecified atom stereocenters. The van der Waals surface area contributed by atoms with Gasteiger partial charge in [0.2, 0.25) is 0 Å². The molecule has 17 heavy (non-hydrogen) atoms. The summed E-state index contributed by atoms with van der Waals surface area (Å²) in [5, 5.41) is 0. The van der Waals surface area contributed by atoms with Gasteiger partial charge in [0.05, 0.1) is 0 Å². The van der Waals surface area contributed by atoms with E-state index < -0.39 is 0 Å². The molecule has 0 heterocycles. The zero-order valence-electron chi connectivity index (χ0n) is 11.8. The van der Waals surface area contributed by atoms with Crippen LogP contribution in [0.3, 0.4) is 0 Å². The van der Waals surface area contributed by atoms with Crippen LogP contribution in [0.4, 0.5) is 0 Å². The average molecular weight is 235 g/mol. The van der Waals surface area contributed by atoms with Crippen molar-refractivity contribution in [3.63, 3.8) is 0 Å². The monoisotopic (exact) mass is 235 g/mol. The molecule has 0 spiro atoms. The highest BCUT2D eigenvalue weighted by Gasteiger charge is 2.58. The molecular weight excluding hydrogens is 206 g/mol. The molecular formula is C16H29N. The largest absolute Gasteiger partial charge is 0.330 e. The van der Waals surface area contributed by atoms with Crippen LogP contribution in [0.1, 0.15) is 59.3 Å². The Bertz CT molecular complexity index is 285. The van der Waals surface area contributed by atoms with Gasteiger partial charge in [0, 0.05) is 0 Å². The molecule has 0 aliphatic heterocycles. The van der Waals surface area contributed by atoms with Gasteiger partial charge < -0.3 is 5.73 Å². The van der Waals surface area contributed by atoms with Gasteiger partial charge in [0.15, 0.2) is 0 Å². The predicted octanol–water partition coefficient (Wildman–Crippen LogP) is 3.82. The van der Waals surface area contributed by atoms with E-state index in [4.69, 9.17) is 5.73 Å². The van der Waals surface area contributed by atoms with Crippen LogP contribution in [-0.4, -0.2) is 6.54 Å². The van der Waals surface area contributed by atoms with E-state index in [0.717, 1.165) is 30.2 Å². The molecule has 0 amide bonds. The van der Waals surface area contributed by atoms with Crippen molar-refractivity contribution in [3.8, 4) is 0 Å². The van der Waals surface area contributed by atoms with Gasteiger partial charge >= 0.3 is 0 Å². The van der Waals surface area contributed by atoms with Crippen LogP contribution < -0.4 is 5.73 Å². The van der Waals surface area contributed by atoms with E-state index in [9.17, 15) is 0 Å². The summed E-state index contributed by atoms with van der Waals surface area (Å²) in [7, 11) is 0. The molecule has 0 aromatic carbocycles. The first-order valence-electron chi connectivity index (χ1n) is 7.65. The summed E-state index contributed by atoms with van der Waals surface area (Å²) in [6.07, 6.45) is 8.89. The SMILES string of the molecule is CC(C)(C)C12CC3CC(C1)C(CCN)C(C3)C2. The maximum absolute atomic E-state index is 5.83. The highest BCUT2D eigenvalue weighted by Crippen LogP contribution is 2.67. The Morgan fingerprint density at radius 2 is 1.65 bits per heavy atom. The van der Waals surface area contributed by atoms with Gasteiger partial charge in [-0.2, -0.15) is 0 Å². The first-order chi connectivity index (χ1) is 7.95. The molecule has 4 bridgehead atoms. The number of hydrogen-bond donors (Lipinski definition) is 1. The minimum atomic E-state index is 0.510. The maximum atomic E-state index is 5.83. The highest BCUT2D eigenvalue weighted by molar-refractivity contribution is 5.08. The van der Waals surface area contributed by atoms with Crippen molar-refractivity contribution in [2.45, 2.75) is 59.3 Å². The van der Waals surface area contributed by atoms with Crippen molar-refractivity contribution < 1.29 is 0 Å². The van der Waals surface area contributed by atoms with Crippen LogP contribution in [0.2, 0.25) is 0 Å². The Labute approximate surface area is 107 Å². The molecule has 4 fully saturated rings. The Morgan fingerprint density at radius 3 is 2.12 bits per heavy atom. The van der Waals surface area contributed by atoms with Gasteiger partial charge in [-0.05, 0) is 79.6 Å². The number of hydrogen-bond acceptors (Lipinski definition) is 1. The second-order valence-corrected chi connectivity index (χ2v) is 8.24. The lowest BCUT2D eigenvalue weighted by molar-refractivity contribution is -0.144. The fraction of sp³-hybridized carbons (Fsp3) is 1.00. The molecule has 4 aliphatic rings. The molecule has 1 nitrogen and oxygen atoms in total. The summed E-state index contributed by atoms with van der Waals surface area (Å²) in [6.45, 7) is 8.36. The molecule has 0 aromatic heterocycles. The maximum Gasteiger partial charge on any atom is -0.00744 e. The van der Waals surface area contributed by atoms with E-state index in [0.29, 0.717) is 10.8 Å². The van der Waals surface area contributed by atoms with E-state index in [2.05, 4.69) is 20.8 Å². The summed E-state index contributed by atoms with van der Waals surface area (Å²) < 4.78 is 0. The average Bonchev–Trinajstić information content (AvgIpc) is 2.21. The third-order valence-corrected chi connectivity index (χ3v) is 6.56. The normalized spacial score (nSPS) is 48.7. The molecule has 0 radical (unpaired) electrons. The van der Waals surface area contributed by atoms with Crippen LogP contribution in [0.25, 0.3) is 0 Å². The van der Waals surface area contributed by atoms with Crippen molar-refractivity contribution in [1.82, 2.24) is 0 Å². The Balaban J connectivity index is 1.87. The van der Waals surface area contributed by atoms with Crippen molar-refractivity contribution in [2.24, 2.45) is 40.2 Å². The van der Waals surface area contributed by atoms with Crippen molar-refractivity contribution in [2.75, 3.05) is 6.54 Å². The quantitative estimate of drug-likeness (QED) is 0.773. The lowest BCUT2D eigenvalue weighted by Gasteiger charge is -2.64. The van der Waals surface area contributed by atoms with Gasteiger partial charge in [0.1, 0.15) is 0 Å². The van der Waals surface area contributed by atoms with Crippen LogP contribution in [0.5, 0.6) is 0 Å². The lowest BCUT2D eigenvalue weighted by atomic mass is 9.41. The van der Waals surface area contributed by atoms with Gasteiger partial charge in [-0.25, -0.2) is 0 Å². The van der Waals surface area contributed by atoms with E-state index in [1.807, 2.05) is 0 Å². The van der Waals surface area contributed by atoms with Crippen LogP contribution >= 0.6 is 0 Å². The summed E-state index contributed by atoms with van der Waals surface area (Å²) in [4.78, 5) is 0. The molecule has 4 saturated carbocycles. The molecule has 0 saturated heterocycles. The molecule has 98 valence electrons. The number of nitrogens with two attached hydrogens (primary N) is 1. The number of rotatable bonds is 2. The Morgan fingerprint density at radius 1 is 1.06 bits per heavy atom. The molecule has 2 N–H and O–H groups in total. The van der Waals surface area contributed by atoms with E-state index in [1.54, 1.807) is 0 Å². The standard InChI is InChI=1S/C16H29N/c1-15(2,3)16-8-11-6-12(9-16)14(4-5-17)13(7-11)10-16/h11-14H,4-10,17H2,1-3H3. The van der Waals surface area contributed by atoms with Crippen LogP contribution in [0.15, 0.2) is 0 Å². The second kappa shape index (κ2) is 3.73. The lowest BCUT2D eigenvalue weighted by Crippen LogP contribution is -2.55. The minimum absolute atomic E-state index is 0.510. The Hall–Kier alpha value is -0.0400. The minimum Gasteiger partial charge on any atom is -0.330 e. The molecule has 0 aromatic rings. The molecule has 4 rings (SSSR count). The first kappa shape index (κ1) is 12.0. The van der Waals surface area contributed by atoms with Crippen molar-refractivity contribution in [3.05, 3.63) is 0 Å². The van der Waals surface area contributed by atoms with Gasteiger partial charge in [-0.3, -0.25) is 0 Å². The highest BCUT2D eigenvalue weighted by atomic mass is 14.6. The van der Waals surface area contributed by atoms with Crippen LogP contribution in [0, 0.1) is 34.5 Å². The molecule has 4 aliphatic carbocycles. The zero-order valence-corrected chi connectivity index (χ0v) is 11.8. The fourth-order valence-corrected chi connectivity index (χ4v) is 5.71. The summed E-state index contributed by atoms with van der Waals surface area (Å²) in [6, 6.07) is 0.